The van der Waals surface area contributed by atoms with Crippen molar-refractivity contribution in [1.29, 1.82) is 0 Å². The summed E-state index contributed by atoms with van der Waals surface area (Å²) in [6.07, 6.45) is 4.67. The monoisotopic (exact) mass is 309 g/mol. The summed E-state index contributed by atoms with van der Waals surface area (Å²) in [5, 5.41) is 0. The molecular weight excluding hydrogens is 286 g/mol. The predicted molar refractivity (Wildman–Crippen MR) is 85.0 cm³/mol. The van der Waals surface area contributed by atoms with Crippen molar-refractivity contribution in [3.8, 4) is 0 Å². The molecule has 0 heterocycles. The number of hydrogen-bond acceptors (Lipinski definition) is 3. The van der Waals surface area contributed by atoms with E-state index in [4.69, 9.17) is 0 Å². The molecule has 0 unspecified atom stereocenters. The van der Waals surface area contributed by atoms with Gasteiger partial charge in [-0.2, -0.15) is 0 Å². The Balaban J connectivity index is 2.10. The average Bonchev–Trinajstić information content (AvgIpc) is 2.86. The highest BCUT2D eigenvalue weighted by Crippen LogP contribution is 2.40. The zero-order chi connectivity index (χ0) is 15.5. The van der Waals surface area contributed by atoms with Gasteiger partial charge in [0, 0.05) is 16.7 Å². The van der Waals surface area contributed by atoms with Gasteiger partial charge in [0.2, 0.25) is 10.0 Å². The summed E-state index contributed by atoms with van der Waals surface area (Å²) in [4.78, 5) is 12.5. The lowest BCUT2D eigenvalue weighted by Crippen LogP contribution is -2.24. The molecule has 0 aliphatic heterocycles. The van der Waals surface area contributed by atoms with Crippen LogP contribution in [0.25, 0.3) is 0 Å². The zero-order valence-electron chi connectivity index (χ0n) is 12.7. The second-order valence-electron chi connectivity index (χ2n) is 6.10. The van der Waals surface area contributed by atoms with E-state index >= 15 is 0 Å². The minimum atomic E-state index is -3.28. The zero-order valence-corrected chi connectivity index (χ0v) is 13.5. The Bertz CT molecular complexity index is 599. The maximum atomic E-state index is 12.5. The summed E-state index contributed by atoms with van der Waals surface area (Å²) in [7, 11) is -3.28. The lowest BCUT2D eigenvalue weighted by molar-refractivity contribution is 0.0823. The second kappa shape index (κ2) is 6.18. The first-order valence-electron chi connectivity index (χ1n) is 7.52. The van der Waals surface area contributed by atoms with Gasteiger partial charge in [-0.15, -0.1) is 0 Å². The number of carbonyl (C=O) groups excluding carboxylic acids is 1. The van der Waals surface area contributed by atoms with Crippen molar-refractivity contribution in [3.05, 3.63) is 29.8 Å². The number of anilines is 1. The van der Waals surface area contributed by atoms with Crippen molar-refractivity contribution in [2.24, 2.45) is 5.41 Å². The van der Waals surface area contributed by atoms with Crippen LogP contribution in [0.1, 0.15) is 56.3 Å². The van der Waals surface area contributed by atoms with Gasteiger partial charge in [-0.3, -0.25) is 9.52 Å². The van der Waals surface area contributed by atoms with E-state index in [0.717, 1.165) is 25.7 Å². The van der Waals surface area contributed by atoms with Crippen molar-refractivity contribution in [3.63, 3.8) is 0 Å². The van der Waals surface area contributed by atoms with E-state index in [2.05, 4.69) is 4.72 Å². The Morgan fingerprint density at radius 3 is 2.29 bits per heavy atom. The molecule has 116 valence electrons. The maximum Gasteiger partial charge on any atom is 0.232 e. The molecule has 2 rings (SSSR count). The van der Waals surface area contributed by atoms with Crippen LogP contribution in [0.5, 0.6) is 0 Å². The molecule has 0 atom stereocenters. The smallest absolute Gasteiger partial charge is 0.232 e. The molecule has 1 aromatic carbocycles. The van der Waals surface area contributed by atoms with Crippen molar-refractivity contribution in [1.82, 2.24) is 0 Å². The Morgan fingerprint density at radius 2 is 1.76 bits per heavy atom. The fraction of sp³-hybridized carbons (Fsp3) is 0.562. The van der Waals surface area contributed by atoms with Crippen LogP contribution < -0.4 is 4.72 Å². The molecule has 5 heteroatoms. The van der Waals surface area contributed by atoms with Gasteiger partial charge in [-0.1, -0.05) is 26.7 Å². The molecule has 1 saturated carbocycles. The molecule has 21 heavy (non-hydrogen) atoms. The number of ketones is 1. The van der Waals surface area contributed by atoms with Crippen LogP contribution in [0.2, 0.25) is 0 Å². The van der Waals surface area contributed by atoms with E-state index < -0.39 is 10.0 Å². The minimum absolute atomic E-state index is 0.103. The maximum absolute atomic E-state index is 12.5. The number of hydrogen-bond donors (Lipinski definition) is 1. The van der Waals surface area contributed by atoms with Gasteiger partial charge in [0.25, 0.3) is 0 Å². The van der Waals surface area contributed by atoms with Crippen LogP contribution in [-0.4, -0.2) is 20.0 Å². The number of sulfonamides is 1. The van der Waals surface area contributed by atoms with Crippen LogP contribution in [0.3, 0.4) is 0 Å². The average molecular weight is 309 g/mol. The van der Waals surface area contributed by atoms with E-state index in [1.807, 2.05) is 13.8 Å². The van der Waals surface area contributed by atoms with Gasteiger partial charge in [-0.25, -0.2) is 8.42 Å². The van der Waals surface area contributed by atoms with Crippen molar-refractivity contribution in [2.75, 3.05) is 10.5 Å². The molecule has 0 spiro atoms. The van der Waals surface area contributed by atoms with Gasteiger partial charge < -0.3 is 0 Å². The third-order valence-corrected chi connectivity index (χ3v) is 5.64. The normalized spacial score (nSPS) is 17.6. The minimum Gasteiger partial charge on any atom is -0.294 e. The molecule has 0 radical (unpaired) electrons. The van der Waals surface area contributed by atoms with Gasteiger partial charge >= 0.3 is 0 Å². The van der Waals surface area contributed by atoms with Crippen LogP contribution in [0.15, 0.2) is 24.3 Å². The molecule has 0 aromatic heterocycles. The van der Waals surface area contributed by atoms with Crippen LogP contribution in [0.4, 0.5) is 5.69 Å². The Labute approximate surface area is 127 Å². The third kappa shape index (κ3) is 3.84. The highest BCUT2D eigenvalue weighted by molar-refractivity contribution is 7.92. The SMILES string of the molecule is CCCS(=O)(=O)Nc1ccc(C(=O)C2(C)CCCC2)cc1. The molecule has 0 saturated heterocycles. The second-order valence-corrected chi connectivity index (χ2v) is 7.94. The van der Waals surface area contributed by atoms with E-state index in [1.165, 1.54) is 0 Å². The summed E-state index contributed by atoms with van der Waals surface area (Å²) < 4.78 is 25.9. The first-order valence-corrected chi connectivity index (χ1v) is 9.17. The van der Waals surface area contributed by atoms with E-state index in [0.29, 0.717) is 17.7 Å². The van der Waals surface area contributed by atoms with Gasteiger partial charge in [-0.05, 0) is 43.5 Å². The topological polar surface area (TPSA) is 63.2 Å². The number of rotatable bonds is 6. The van der Waals surface area contributed by atoms with E-state index in [1.54, 1.807) is 24.3 Å². The summed E-state index contributed by atoms with van der Waals surface area (Å²) in [6, 6.07) is 6.77. The molecule has 0 bridgehead atoms. The first kappa shape index (κ1) is 16.0. The largest absolute Gasteiger partial charge is 0.294 e. The van der Waals surface area contributed by atoms with E-state index in [9.17, 15) is 13.2 Å². The van der Waals surface area contributed by atoms with Crippen LogP contribution in [0, 0.1) is 5.41 Å². The molecule has 1 aromatic rings. The van der Waals surface area contributed by atoms with Crippen molar-refractivity contribution in [2.45, 2.75) is 46.0 Å². The highest BCUT2D eigenvalue weighted by atomic mass is 32.2. The fourth-order valence-corrected chi connectivity index (χ4v) is 4.05. The quantitative estimate of drug-likeness (QED) is 0.817. The molecule has 1 aliphatic rings. The number of benzene rings is 1. The van der Waals surface area contributed by atoms with E-state index in [-0.39, 0.29) is 17.0 Å². The Hall–Kier alpha value is -1.36. The molecule has 1 fully saturated rings. The summed E-state index contributed by atoms with van der Waals surface area (Å²) >= 11 is 0. The van der Waals surface area contributed by atoms with Crippen LogP contribution >= 0.6 is 0 Å². The fourth-order valence-electron chi connectivity index (χ4n) is 2.92. The third-order valence-electron chi connectivity index (χ3n) is 4.15. The molecule has 0 amide bonds. The summed E-state index contributed by atoms with van der Waals surface area (Å²) in [6.45, 7) is 3.85. The lowest BCUT2D eigenvalue weighted by Gasteiger charge is -2.21. The first-order chi connectivity index (χ1) is 9.86. The number of carbonyl (C=O) groups is 1. The van der Waals surface area contributed by atoms with Crippen LogP contribution in [-0.2, 0) is 10.0 Å². The molecule has 1 aliphatic carbocycles. The molecule has 1 N–H and O–H groups in total. The standard InChI is InChI=1S/C16H23NO3S/c1-3-12-21(19,20)17-14-8-6-13(7-9-14)15(18)16(2)10-4-5-11-16/h6-9,17H,3-5,10-12H2,1-2H3. The number of nitrogens with one attached hydrogen (secondary N) is 1. The number of Topliss-reactive ketones (excluding diaryl/α,β-unsaturated/α-hetero) is 1. The van der Waals surface area contributed by atoms with Gasteiger partial charge in [0.05, 0.1) is 5.75 Å². The van der Waals surface area contributed by atoms with Gasteiger partial charge in [0.15, 0.2) is 5.78 Å². The molecular formula is C16H23NO3S. The predicted octanol–water partition coefficient (Wildman–Crippen LogP) is 3.60. The lowest BCUT2D eigenvalue weighted by atomic mass is 9.81. The highest BCUT2D eigenvalue weighted by Gasteiger charge is 2.36. The summed E-state index contributed by atoms with van der Waals surface area (Å²) in [5.74, 6) is 0.272. The van der Waals surface area contributed by atoms with Gasteiger partial charge in [0.1, 0.15) is 0 Å². The van der Waals surface area contributed by atoms with Crippen molar-refractivity contribution >= 4 is 21.5 Å². The Morgan fingerprint density at radius 1 is 1.19 bits per heavy atom. The van der Waals surface area contributed by atoms with Crippen molar-refractivity contribution < 1.29 is 13.2 Å². The Kier molecular flexibility index (Phi) is 4.71. The molecule has 4 nitrogen and oxygen atoms in total. The summed E-state index contributed by atoms with van der Waals surface area (Å²) in [5.41, 5.74) is 0.929.